The molecule has 1 atom stereocenters. The number of nitrogen functional groups attached to an aromatic ring is 1. The van der Waals surface area contributed by atoms with Crippen molar-refractivity contribution in [3.05, 3.63) is 29.3 Å². The number of nitrogens with two attached hydrogens (primary N) is 1. The van der Waals surface area contributed by atoms with Gasteiger partial charge < -0.3 is 15.6 Å². The molecule has 0 aliphatic heterocycles. The van der Waals surface area contributed by atoms with Crippen LogP contribution in [0.25, 0.3) is 0 Å². The number of hydrogen-bond acceptors (Lipinski definition) is 4. The van der Waals surface area contributed by atoms with Crippen LogP contribution in [0.2, 0.25) is 0 Å². The molecule has 0 spiro atoms. The summed E-state index contributed by atoms with van der Waals surface area (Å²) in [5.74, 6) is -0.470. The summed E-state index contributed by atoms with van der Waals surface area (Å²) in [6.07, 6.45) is -0.656. The van der Waals surface area contributed by atoms with Crippen molar-refractivity contribution in [2.45, 2.75) is 20.0 Å². The van der Waals surface area contributed by atoms with Gasteiger partial charge in [-0.2, -0.15) is 0 Å². The number of aliphatic hydroxyl groups excluding tert-OH is 1. The number of esters is 1. The standard InChI is InChI=1S/C11H15NO3/c1-7-3-4-9(5-10(7)12)11(14)15-6-8(2)13/h3-5,8,13H,6,12H2,1-2H3. The number of carbonyl (C=O) groups is 1. The zero-order valence-electron chi connectivity index (χ0n) is 8.86. The molecule has 0 radical (unpaired) electrons. The van der Waals surface area contributed by atoms with Crippen molar-refractivity contribution in [2.75, 3.05) is 12.3 Å². The van der Waals surface area contributed by atoms with Crippen molar-refractivity contribution >= 4 is 11.7 Å². The van der Waals surface area contributed by atoms with Gasteiger partial charge in [0.2, 0.25) is 0 Å². The summed E-state index contributed by atoms with van der Waals surface area (Å²) in [7, 11) is 0. The second kappa shape index (κ2) is 4.79. The summed E-state index contributed by atoms with van der Waals surface area (Å²) >= 11 is 0. The second-order valence-electron chi connectivity index (χ2n) is 3.52. The van der Waals surface area contributed by atoms with Gasteiger partial charge in [0.15, 0.2) is 0 Å². The lowest BCUT2D eigenvalue weighted by molar-refractivity contribution is 0.0296. The van der Waals surface area contributed by atoms with E-state index in [1.165, 1.54) is 0 Å². The average molecular weight is 209 g/mol. The monoisotopic (exact) mass is 209 g/mol. The summed E-state index contributed by atoms with van der Waals surface area (Å²) in [6.45, 7) is 3.41. The Balaban J connectivity index is 2.70. The van der Waals surface area contributed by atoms with Crippen LogP contribution in [-0.2, 0) is 4.74 Å². The maximum absolute atomic E-state index is 11.4. The van der Waals surface area contributed by atoms with Crippen molar-refractivity contribution in [3.63, 3.8) is 0 Å². The Bertz CT molecular complexity index is 361. The van der Waals surface area contributed by atoms with Crippen LogP contribution in [0.1, 0.15) is 22.8 Å². The van der Waals surface area contributed by atoms with Crippen LogP contribution in [-0.4, -0.2) is 23.8 Å². The zero-order chi connectivity index (χ0) is 11.4. The first kappa shape index (κ1) is 11.5. The second-order valence-corrected chi connectivity index (χ2v) is 3.52. The van der Waals surface area contributed by atoms with E-state index < -0.39 is 12.1 Å². The van der Waals surface area contributed by atoms with Gasteiger partial charge in [0, 0.05) is 5.69 Å². The van der Waals surface area contributed by atoms with Gasteiger partial charge in [-0.3, -0.25) is 0 Å². The van der Waals surface area contributed by atoms with E-state index in [4.69, 9.17) is 15.6 Å². The summed E-state index contributed by atoms with van der Waals surface area (Å²) in [5, 5.41) is 8.94. The van der Waals surface area contributed by atoms with Gasteiger partial charge >= 0.3 is 5.97 Å². The number of carbonyl (C=O) groups excluding carboxylic acids is 1. The van der Waals surface area contributed by atoms with Crippen LogP contribution < -0.4 is 5.73 Å². The van der Waals surface area contributed by atoms with Crippen LogP contribution in [0.3, 0.4) is 0 Å². The summed E-state index contributed by atoms with van der Waals surface area (Å²) in [6, 6.07) is 4.98. The van der Waals surface area contributed by atoms with Gasteiger partial charge in [0.25, 0.3) is 0 Å². The van der Waals surface area contributed by atoms with Gasteiger partial charge in [-0.1, -0.05) is 6.07 Å². The highest BCUT2D eigenvalue weighted by Gasteiger charge is 2.09. The zero-order valence-corrected chi connectivity index (χ0v) is 8.86. The van der Waals surface area contributed by atoms with E-state index in [2.05, 4.69) is 0 Å². The maximum atomic E-state index is 11.4. The molecule has 0 saturated heterocycles. The molecule has 0 amide bonds. The van der Waals surface area contributed by atoms with Crippen LogP contribution in [0, 0.1) is 6.92 Å². The Kier molecular flexibility index (Phi) is 3.68. The molecule has 82 valence electrons. The number of anilines is 1. The predicted molar refractivity (Wildman–Crippen MR) is 57.6 cm³/mol. The molecule has 0 aliphatic rings. The fourth-order valence-electron chi connectivity index (χ4n) is 1.05. The smallest absolute Gasteiger partial charge is 0.338 e. The van der Waals surface area contributed by atoms with E-state index in [9.17, 15) is 4.79 Å². The number of aliphatic hydroxyl groups is 1. The predicted octanol–water partition coefficient (Wildman–Crippen LogP) is 1.11. The van der Waals surface area contributed by atoms with Gasteiger partial charge in [-0.25, -0.2) is 4.79 Å². The van der Waals surface area contributed by atoms with Crippen molar-refractivity contribution < 1.29 is 14.6 Å². The van der Waals surface area contributed by atoms with E-state index in [1.807, 2.05) is 6.92 Å². The highest BCUT2D eigenvalue weighted by molar-refractivity contribution is 5.90. The van der Waals surface area contributed by atoms with Crippen molar-refractivity contribution in [2.24, 2.45) is 0 Å². The third kappa shape index (κ3) is 3.25. The lowest BCUT2D eigenvalue weighted by Gasteiger charge is -2.07. The third-order valence-corrected chi connectivity index (χ3v) is 1.97. The fraction of sp³-hybridized carbons (Fsp3) is 0.364. The third-order valence-electron chi connectivity index (χ3n) is 1.97. The van der Waals surface area contributed by atoms with Crippen LogP contribution >= 0.6 is 0 Å². The van der Waals surface area contributed by atoms with Gasteiger partial charge in [0.05, 0.1) is 11.7 Å². The Morgan fingerprint density at radius 1 is 1.60 bits per heavy atom. The number of rotatable bonds is 3. The van der Waals surface area contributed by atoms with Crippen molar-refractivity contribution in [1.29, 1.82) is 0 Å². The topological polar surface area (TPSA) is 72.5 Å². The minimum absolute atomic E-state index is 0.00733. The molecular weight excluding hydrogens is 194 g/mol. The van der Waals surface area contributed by atoms with Gasteiger partial charge in [0.1, 0.15) is 6.61 Å². The molecule has 0 aliphatic carbocycles. The molecule has 4 nitrogen and oxygen atoms in total. The van der Waals surface area contributed by atoms with Crippen LogP contribution in [0.5, 0.6) is 0 Å². The van der Waals surface area contributed by atoms with E-state index in [0.717, 1.165) is 5.56 Å². The van der Waals surface area contributed by atoms with E-state index in [1.54, 1.807) is 25.1 Å². The minimum Gasteiger partial charge on any atom is -0.459 e. The van der Waals surface area contributed by atoms with Gasteiger partial charge in [-0.15, -0.1) is 0 Å². The van der Waals surface area contributed by atoms with Gasteiger partial charge in [-0.05, 0) is 31.5 Å². The summed E-state index contributed by atoms with van der Waals surface area (Å²) < 4.78 is 4.84. The van der Waals surface area contributed by atoms with E-state index >= 15 is 0 Å². The first-order valence-electron chi connectivity index (χ1n) is 4.72. The molecule has 0 bridgehead atoms. The number of aryl methyl sites for hydroxylation is 1. The minimum atomic E-state index is -0.656. The highest BCUT2D eigenvalue weighted by Crippen LogP contribution is 2.13. The van der Waals surface area contributed by atoms with Crippen LogP contribution in [0.15, 0.2) is 18.2 Å². The van der Waals surface area contributed by atoms with E-state index in [-0.39, 0.29) is 6.61 Å². The number of hydrogen-bond donors (Lipinski definition) is 2. The molecule has 4 heteroatoms. The molecule has 1 rings (SSSR count). The Morgan fingerprint density at radius 2 is 2.27 bits per heavy atom. The normalized spacial score (nSPS) is 12.2. The highest BCUT2D eigenvalue weighted by atomic mass is 16.5. The number of ether oxygens (including phenoxy) is 1. The molecule has 1 unspecified atom stereocenters. The average Bonchev–Trinajstić information content (AvgIpc) is 2.18. The molecule has 3 N–H and O–H groups in total. The SMILES string of the molecule is Cc1ccc(C(=O)OCC(C)O)cc1N. The Hall–Kier alpha value is -1.55. The number of benzene rings is 1. The maximum Gasteiger partial charge on any atom is 0.338 e. The molecule has 1 aromatic carbocycles. The molecule has 15 heavy (non-hydrogen) atoms. The Labute approximate surface area is 88.7 Å². The Morgan fingerprint density at radius 3 is 2.80 bits per heavy atom. The fourth-order valence-corrected chi connectivity index (χ4v) is 1.05. The summed E-state index contributed by atoms with van der Waals surface area (Å²) in [5.41, 5.74) is 7.53. The quantitative estimate of drug-likeness (QED) is 0.578. The molecule has 0 aromatic heterocycles. The molecular formula is C11H15NO3. The first-order chi connectivity index (χ1) is 7.00. The van der Waals surface area contributed by atoms with E-state index in [0.29, 0.717) is 11.3 Å². The molecule has 0 heterocycles. The lowest BCUT2D eigenvalue weighted by atomic mass is 10.1. The summed E-state index contributed by atoms with van der Waals surface area (Å²) in [4.78, 5) is 11.4. The van der Waals surface area contributed by atoms with Crippen LogP contribution in [0.4, 0.5) is 5.69 Å². The van der Waals surface area contributed by atoms with Crippen molar-refractivity contribution in [1.82, 2.24) is 0 Å². The van der Waals surface area contributed by atoms with Crippen molar-refractivity contribution in [3.8, 4) is 0 Å². The largest absolute Gasteiger partial charge is 0.459 e. The molecule has 1 aromatic rings. The molecule has 0 saturated carbocycles. The molecule has 0 fully saturated rings. The first-order valence-corrected chi connectivity index (χ1v) is 4.72. The lowest BCUT2D eigenvalue weighted by Crippen LogP contribution is -2.15.